The van der Waals surface area contributed by atoms with Crippen LogP contribution in [0.2, 0.25) is 0 Å². The average Bonchev–Trinajstić information content (AvgIpc) is 2.87. The first-order valence-electron chi connectivity index (χ1n) is 6.73. The van der Waals surface area contributed by atoms with Crippen molar-refractivity contribution >= 4 is 17.4 Å². The topological polar surface area (TPSA) is 46.6 Å². The molecule has 0 aromatic heterocycles. The maximum Gasteiger partial charge on any atom is 0.227 e. The van der Waals surface area contributed by atoms with Gasteiger partial charge in [0.1, 0.15) is 11.5 Å². The van der Waals surface area contributed by atoms with Crippen LogP contribution in [0.3, 0.4) is 0 Å². The second-order valence-corrected chi connectivity index (χ2v) is 4.90. The Balaban J connectivity index is 2.12. The van der Waals surface area contributed by atoms with Crippen molar-refractivity contribution in [3.63, 3.8) is 0 Å². The number of benzene rings is 1. The Morgan fingerprint density at radius 2 is 2.05 bits per heavy atom. The molecule has 0 N–H and O–H groups in total. The van der Waals surface area contributed by atoms with E-state index in [1.54, 1.807) is 12.0 Å². The molecule has 1 aliphatic rings. The Morgan fingerprint density at radius 1 is 1.40 bits per heavy atom. The molecule has 1 fully saturated rings. The van der Waals surface area contributed by atoms with Gasteiger partial charge < -0.3 is 9.64 Å². The Bertz CT molecular complexity index is 533. The molecule has 4 heteroatoms. The van der Waals surface area contributed by atoms with Crippen LogP contribution in [0.1, 0.15) is 25.3 Å². The van der Waals surface area contributed by atoms with Gasteiger partial charge in [-0.25, -0.2) is 0 Å². The van der Waals surface area contributed by atoms with Gasteiger partial charge in [0.05, 0.1) is 7.11 Å². The number of Topliss-reactive ketones (excluding diaryl/α,β-unsaturated/α-hetero) is 1. The first-order valence-corrected chi connectivity index (χ1v) is 6.73. The number of rotatable bonds is 5. The lowest BCUT2D eigenvalue weighted by Crippen LogP contribution is -2.24. The number of methoxy groups -OCH3 is 1. The number of amides is 1. The highest BCUT2D eigenvalue weighted by atomic mass is 16.5. The number of hydrogen-bond acceptors (Lipinski definition) is 3. The molecule has 1 saturated heterocycles. The van der Waals surface area contributed by atoms with Crippen LogP contribution in [-0.4, -0.2) is 30.2 Å². The summed E-state index contributed by atoms with van der Waals surface area (Å²) < 4.78 is 5.10. The van der Waals surface area contributed by atoms with E-state index in [1.807, 2.05) is 31.2 Å². The number of nitrogens with zero attached hydrogens (tertiary/aromatic N) is 1. The maximum atomic E-state index is 12.0. The second kappa shape index (κ2) is 5.90. The van der Waals surface area contributed by atoms with Crippen LogP contribution in [0.25, 0.3) is 5.70 Å². The van der Waals surface area contributed by atoms with Gasteiger partial charge in [-0.1, -0.05) is 13.5 Å². The normalized spacial score (nSPS) is 18.2. The van der Waals surface area contributed by atoms with Crippen LogP contribution in [0, 0.1) is 5.92 Å². The number of carbonyl (C=O) groups is 2. The maximum absolute atomic E-state index is 12.0. The van der Waals surface area contributed by atoms with E-state index in [9.17, 15) is 9.59 Å². The molecule has 1 amide bonds. The van der Waals surface area contributed by atoms with E-state index >= 15 is 0 Å². The highest BCUT2D eigenvalue weighted by molar-refractivity contribution is 5.94. The smallest absolute Gasteiger partial charge is 0.227 e. The molecule has 2 rings (SSSR count). The lowest BCUT2D eigenvalue weighted by Gasteiger charge is -2.19. The average molecular weight is 273 g/mol. The fourth-order valence-electron chi connectivity index (χ4n) is 2.41. The third-order valence-corrected chi connectivity index (χ3v) is 3.68. The minimum absolute atomic E-state index is 0.0300. The van der Waals surface area contributed by atoms with Gasteiger partial charge in [0.15, 0.2) is 0 Å². The molecule has 1 atom stereocenters. The van der Waals surface area contributed by atoms with Gasteiger partial charge in [-0.2, -0.15) is 0 Å². The van der Waals surface area contributed by atoms with Crippen molar-refractivity contribution in [2.24, 2.45) is 5.92 Å². The van der Waals surface area contributed by atoms with Crippen LogP contribution in [0.5, 0.6) is 5.75 Å². The molecule has 4 nitrogen and oxygen atoms in total. The van der Waals surface area contributed by atoms with E-state index in [-0.39, 0.29) is 17.6 Å². The molecule has 0 bridgehead atoms. The predicted octanol–water partition coefficient (Wildman–Crippen LogP) is 2.49. The third kappa shape index (κ3) is 2.74. The molecule has 0 radical (unpaired) electrons. The summed E-state index contributed by atoms with van der Waals surface area (Å²) in [6, 6.07) is 7.39. The Kier molecular flexibility index (Phi) is 4.23. The molecule has 20 heavy (non-hydrogen) atoms. The van der Waals surface area contributed by atoms with Gasteiger partial charge in [0.25, 0.3) is 0 Å². The molecule has 0 spiro atoms. The highest BCUT2D eigenvalue weighted by Crippen LogP contribution is 2.28. The first-order chi connectivity index (χ1) is 9.56. The Labute approximate surface area is 119 Å². The number of likely N-dealkylation sites (tertiary alicyclic amines) is 1. The molecular formula is C16H19NO3. The minimum Gasteiger partial charge on any atom is -0.497 e. The number of carbonyl (C=O) groups excluding carboxylic acids is 2. The van der Waals surface area contributed by atoms with Crippen molar-refractivity contribution in [2.45, 2.75) is 19.8 Å². The minimum atomic E-state index is -0.192. The molecule has 0 unspecified atom stereocenters. The van der Waals surface area contributed by atoms with E-state index in [1.165, 1.54) is 0 Å². The van der Waals surface area contributed by atoms with Gasteiger partial charge in [0, 0.05) is 31.0 Å². The zero-order valence-electron chi connectivity index (χ0n) is 11.9. The summed E-state index contributed by atoms with van der Waals surface area (Å²) in [5.74, 6) is 0.678. The van der Waals surface area contributed by atoms with Crippen molar-refractivity contribution in [1.29, 1.82) is 0 Å². The first kappa shape index (κ1) is 14.3. The summed E-state index contributed by atoms with van der Waals surface area (Å²) in [6.45, 7) is 6.25. The lowest BCUT2D eigenvalue weighted by molar-refractivity contribution is -0.126. The molecule has 0 saturated carbocycles. The van der Waals surface area contributed by atoms with Crippen LogP contribution in [0.15, 0.2) is 30.8 Å². The summed E-state index contributed by atoms with van der Waals surface area (Å²) in [7, 11) is 1.61. The van der Waals surface area contributed by atoms with E-state index in [0.29, 0.717) is 25.1 Å². The number of ether oxygens (including phenoxy) is 1. The van der Waals surface area contributed by atoms with Gasteiger partial charge in [0.2, 0.25) is 5.91 Å². The van der Waals surface area contributed by atoms with Gasteiger partial charge in [-0.3, -0.25) is 9.59 Å². The van der Waals surface area contributed by atoms with Crippen LogP contribution in [-0.2, 0) is 9.59 Å². The Morgan fingerprint density at radius 3 is 2.60 bits per heavy atom. The predicted molar refractivity (Wildman–Crippen MR) is 77.1 cm³/mol. The van der Waals surface area contributed by atoms with Gasteiger partial charge in [-0.15, -0.1) is 0 Å². The third-order valence-electron chi connectivity index (χ3n) is 3.68. The molecule has 106 valence electrons. The van der Waals surface area contributed by atoms with Gasteiger partial charge >= 0.3 is 0 Å². The molecular weight excluding hydrogens is 254 g/mol. The van der Waals surface area contributed by atoms with Gasteiger partial charge in [-0.05, 0) is 29.8 Å². The molecule has 1 aromatic carbocycles. The van der Waals surface area contributed by atoms with Crippen molar-refractivity contribution in [1.82, 2.24) is 4.90 Å². The van der Waals surface area contributed by atoms with E-state index < -0.39 is 0 Å². The van der Waals surface area contributed by atoms with Crippen LogP contribution in [0.4, 0.5) is 0 Å². The quantitative estimate of drug-likeness (QED) is 0.828. The number of ketones is 1. The summed E-state index contributed by atoms with van der Waals surface area (Å²) in [5.41, 5.74) is 1.51. The van der Waals surface area contributed by atoms with Crippen molar-refractivity contribution in [2.75, 3.05) is 13.7 Å². The largest absolute Gasteiger partial charge is 0.497 e. The zero-order chi connectivity index (χ0) is 14.7. The van der Waals surface area contributed by atoms with Crippen molar-refractivity contribution < 1.29 is 14.3 Å². The fraction of sp³-hybridized carbons (Fsp3) is 0.375. The summed E-state index contributed by atoms with van der Waals surface area (Å²) in [4.78, 5) is 25.4. The van der Waals surface area contributed by atoms with E-state index in [2.05, 4.69) is 6.58 Å². The molecule has 1 aromatic rings. The van der Waals surface area contributed by atoms with E-state index in [0.717, 1.165) is 11.3 Å². The summed E-state index contributed by atoms with van der Waals surface area (Å²) in [6.07, 6.45) is 0.767. The number of hydrogen-bond donors (Lipinski definition) is 0. The monoisotopic (exact) mass is 273 g/mol. The summed E-state index contributed by atoms with van der Waals surface area (Å²) in [5, 5.41) is 0. The van der Waals surface area contributed by atoms with Crippen molar-refractivity contribution in [3.8, 4) is 5.75 Å². The highest BCUT2D eigenvalue weighted by Gasteiger charge is 2.34. The SMILES string of the molecule is C=C(c1ccc(OC)cc1)N1C[C@H](C(=O)CC)CC1=O. The summed E-state index contributed by atoms with van der Waals surface area (Å²) >= 11 is 0. The molecule has 0 aliphatic carbocycles. The zero-order valence-corrected chi connectivity index (χ0v) is 11.9. The Hall–Kier alpha value is -2.10. The standard InChI is InChI=1S/C16H19NO3/c1-4-15(18)13-9-16(19)17(10-13)11(2)12-5-7-14(20-3)8-6-12/h5-8,13H,2,4,9-10H2,1,3H3/t13-/m1/s1. The van der Waals surface area contributed by atoms with Crippen LogP contribution >= 0.6 is 0 Å². The lowest BCUT2D eigenvalue weighted by atomic mass is 10.0. The second-order valence-electron chi connectivity index (χ2n) is 4.90. The fourth-order valence-corrected chi connectivity index (χ4v) is 2.41. The molecule has 1 aliphatic heterocycles. The van der Waals surface area contributed by atoms with E-state index in [4.69, 9.17) is 4.74 Å². The molecule has 1 heterocycles. The van der Waals surface area contributed by atoms with Crippen LogP contribution < -0.4 is 4.74 Å². The van der Waals surface area contributed by atoms with Crippen molar-refractivity contribution in [3.05, 3.63) is 36.4 Å².